The number of nitrogen functional groups attached to an aromatic ring is 1. The fourth-order valence-corrected chi connectivity index (χ4v) is 2.71. The van der Waals surface area contributed by atoms with Crippen molar-refractivity contribution in [3.63, 3.8) is 0 Å². The molecule has 1 fully saturated rings. The number of esters is 1. The first kappa shape index (κ1) is 16.6. The Kier molecular flexibility index (Phi) is 4.60. The molecule has 0 aromatic carbocycles. The third kappa shape index (κ3) is 3.16. The minimum absolute atomic E-state index is 0.160. The number of fused-ring (bicyclic) bond motifs is 1. The van der Waals surface area contributed by atoms with E-state index < -0.39 is 18.4 Å². The molecular weight excluding hydrogens is 316 g/mol. The molecule has 130 valence electrons. The van der Waals surface area contributed by atoms with E-state index >= 15 is 0 Å². The van der Waals surface area contributed by atoms with Crippen molar-refractivity contribution >= 4 is 23.0 Å². The summed E-state index contributed by atoms with van der Waals surface area (Å²) in [7, 11) is 3.56. The van der Waals surface area contributed by atoms with E-state index in [-0.39, 0.29) is 24.9 Å². The van der Waals surface area contributed by atoms with E-state index in [0.29, 0.717) is 17.6 Å². The van der Waals surface area contributed by atoms with Crippen molar-refractivity contribution in [3.05, 3.63) is 12.7 Å². The Morgan fingerprint density at radius 2 is 2.29 bits per heavy atom. The number of nitrogens with zero attached hydrogens (tertiary/aromatic N) is 5. The number of aromatic nitrogens is 4. The summed E-state index contributed by atoms with van der Waals surface area (Å²) in [6.45, 7) is -0.00517. The lowest BCUT2D eigenvalue weighted by Crippen LogP contribution is -2.30. The monoisotopic (exact) mass is 336 g/mol. The first-order chi connectivity index (χ1) is 11.5. The van der Waals surface area contributed by atoms with Crippen LogP contribution in [0, 0.1) is 0 Å². The second-order valence-corrected chi connectivity index (χ2v) is 5.92. The number of aliphatic hydroxyl groups excluding tert-OH is 1. The van der Waals surface area contributed by atoms with Crippen molar-refractivity contribution in [1.29, 1.82) is 0 Å². The molecule has 10 nitrogen and oxygen atoms in total. The van der Waals surface area contributed by atoms with E-state index in [9.17, 15) is 9.90 Å². The lowest BCUT2D eigenvalue weighted by Gasteiger charge is -2.21. The molecule has 0 saturated carbocycles. The Bertz CT molecular complexity index is 733. The van der Waals surface area contributed by atoms with Crippen molar-refractivity contribution in [2.45, 2.75) is 24.9 Å². The van der Waals surface area contributed by atoms with Gasteiger partial charge in [0.2, 0.25) is 0 Å². The number of aliphatic hydroxyl groups is 1. The maximum absolute atomic E-state index is 12.0. The van der Waals surface area contributed by atoms with Crippen LogP contribution in [0.25, 0.3) is 11.2 Å². The average Bonchev–Trinajstić information content (AvgIpc) is 3.10. The van der Waals surface area contributed by atoms with Crippen LogP contribution in [0.2, 0.25) is 0 Å². The highest BCUT2D eigenvalue weighted by atomic mass is 16.6. The van der Waals surface area contributed by atoms with E-state index in [2.05, 4.69) is 15.0 Å². The van der Waals surface area contributed by atoms with Gasteiger partial charge in [0, 0.05) is 6.42 Å². The lowest BCUT2D eigenvalue weighted by atomic mass is 10.2. The van der Waals surface area contributed by atoms with Crippen LogP contribution in [0.4, 0.5) is 5.82 Å². The number of rotatable bonds is 5. The van der Waals surface area contributed by atoms with Gasteiger partial charge in [0.25, 0.3) is 0 Å². The Balaban J connectivity index is 1.88. The zero-order valence-electron chi connectivity index (χ0n) is 13.5. The normalized spacial score (nSPS) is 23.9. The molecule has 1 aliphatic rings. The number of carbonyl (C=O) groups excluding carboxylic acids is 1. The molecule has 0 aliphatic carbocycles. The lowest BCUT2D eigenvalue weighted by molar-refractivity contribution is -0.155. The Morgan fingerprint density at radius 1 is 1.50 bits per heavy atom. The Hall–Kier alpha value is -2.30. The van der Waals surface area contributed by atoms with Crippen LogP contribution in [-0.4, -0.2) is 74.9 Å². The van der Waals surface area contributed by atoms with Crippen molar-refractivity contribution < 1.29 is 19.4 Å². The van der Waals surface area contributed by atoms with Gasteiger partial charge in [-0.25, -0.2) is 15.0 Å². The maximum atomic E-state index is 12.0. The van der Waals surface area contributed by atoms with Gasteiger partial charge in [-0.15, -0.1) is 0 Å². The molecule has 3 atom stereocenters. The van der Waals surface area contributed by atoms with Gasteiger partial charge in [0.05, 0.1) is 25.6 Å². The van der Waals surface area contributed by atoms with Crippen molar-refractivity contribution in [3.8, 4) is 0 Å². The molecule has 2 aromatic heterocycles. The summed E-state index contributed by atoms with van der Waals surface area (Å²) in [4.78, 5) is 26.0. The quantitative estimate of drug-likeness (QED) is 0.671. The van der Waals surface area contributed by atoms with E-state index in [1.807, 2.05) is 0 Å². The molecule has 1 saturated heterocycles. The number of hydrogen-bond acceptors (Lipinski definition) is 9. The zero-order chi connectivity index (χ0) is 17.3. The minimum atomic E-state index is -0.632. The van der Waals surface area contributed by atoms with Crippen LogP contribution in [0.1, 0.15) is 12.6 Å². The summed E-state index contributed by atoms with van der Waals surface area (Å²) >= 11 is 0. The predicted octanol–water partition coefficient (Wildman–Crippen LogP) is -0.838. The van der Waals surface area contributed by atoms with Crippen molar-refractivity contribution in [2.75, 3.05) is 33.0 Å². The largest absolute Gasteiger partial charge is 0.456 e. The zero-order valence-corrected chi connectivity index (χ0v) is 13.5. The molecule has 24 heavy (non-hydrogen) atoms. The van der Waals surface area contributed by atoms with Crippen molar-refractivity contribution in [2.24, 2.45) is 0 Å². The van der Waals surface area contributed by atoms with Crippen LogP contribution in [0.5, 0.6) is 0 Å². The summed E-state index contributed by atoms with van der Waals surface area (Å²) < 4.78 is 13.0. The number of likely N-dealkylation sites (N-methyl/N-ethyl adjacent to an activating group) is 1. The Labute approximate surface area is 138 Å². The van der Waals surface area contributed by atoms with Crippen LogP contribution >= 0.6 is 0 Å². The fraction of sp³-hybridized carbons (Fsp3) is 0.571. The van der Waals surface area contributed by atoms with E-state index in [1.54, 1.807) is 23.6 Å². The van der Waals surface area contributed by atoms with Gasteiger partial charge in [-0.3, -0.25) is 14.3 Å². The predicted molar refractivity (Wildman–Crippen MR) is 83.8 cm³/mol. The average molecular weight is 336 g/mol. The summed E-state index contributed by atoms with van der Waals surface area (Å²) in [5.74, 6) is -0.104. The molecule has 2 aromatic rings. The fourth-order valence-electron chi connectivity index (χ4n) is 2.71. The third-order valence-corrected chi connectivity index (χ3v) is 3.74. The molecule has 0 unspecified atom stereocenters. The molecule has 3 heterocycles. The molecular formula is C14H20N6O4. The molecule has 1 aliphatic heterocycles. The molecule has 0 bridgehead atoms. The smallest absolute Gasteiger partial charge is 0.320 e. The second-order valence-electron chi connectivity index (χ2n) is 5.92. The summed E-state index contributed by atoms with van der Waals surface area (Å²) in [5.41, 5.74) is 6.73. The molecule has 0 spiro atoms. The standard InChI is InChI=1S/C14H20N6O4/c1-19(2)4-10(22)24-9-3-8(5-21)23-14(9)20-7-18-11-12(15)16-6-17-13(11)20/h6-9,14,21H,3-5H2,1-2H3,(H2,15,16,17)/t8-,9-,14+/m0/s1. The number of imidazole rings is 1. The maximum Gasteiger partial charge on any atom is 0.320 e. The van der Waals surface area contributed by atoms with Gasteiger partial charge in [-0.1, -0.05) is 0 Å². The summed E-state index contributed by atoms with van der Waals surface area (Å²) in [6, 6.07) is 0. The van der Waals surface area contributed by atoms with Crippen molar-refractivity contribution in [1.82, 2.24) is 24.4 Å². The van der Waals surface area contributed by atoms with Gasteiger partial charge in [-0.2, -0.15) is 0 Å². The highest BCUT2D eigenvalue weighted by Crippen LogP contribution is 2.33. The summed E-state index contributed by atoms with van der Waals surface area (Å²) in [5, 5.41) is 9.39. The summed E-state index contributed by atoms with van der Waals surface area (Å²) in [6.07, 6.45) is 1.63. The molecule has 3 N–H and O–H groups in total. The number of anilines is 1. The topological polar surface area (TPSA) is 129 Å². The highest BCUT2D eigenvalue weighted by molar-refractivity contribution is 5.81. The minimum Gasteiger partial charge on any atom is -0.456 e. The van der Waals surface area contributed by atoms with Gasteiger partial charge in [0.1, 0.15) is 17.9 Å². The van der Waals surface area contributed by atoms with E-state index in [4.69, 9.17) is 15.2 Å². The highest BCUT2D eigenvalue weighted by Gasteiger charge is 2.39. The first-order valence-electron chi connectivity index (χ1n) is 7.53. The van der Waals surface area contributed by atoms with E-state index in [0.717, 1.165) is 0 Å². The van der Waals surface area contributed by atoms with Crippen LogP contribution in [-0.2, 0) is 14.3 Å². The molecule has 0 amide bonds. The molecule has 10 heteroatoms. The number of ether oxygens (including phenoxy) is 2. The van der Waals surface area contributed by atoms with Gasteiger partial charge < -0.3 is 20.3 Å². The van der Waals surface area contributed by atoms with Crippen LogP contribution in [0.15, 0.2) is 12.7 Å². The second kappa shape index (κ2) is 6.67. The third-order valence-electron chi connectivity index (χ3n) is 3.74. The van der Waals surface area contributed by atoms with E-state index in [1.165, 1.54) is 12.7 Å². The van der Waals surface area contributed by atoms with Crippen LogP contribution in [0.3, 0.4) is 0 Å². The first-order valence-corrected chi connectivity index (χ1v) is 7.53. The van der Waals surface area contributed by atoms with Crippen LogP contribution < -0.4 is 5.73 Å². The number of hydrogen-bond donors (Lipinski definition) is 2. The van der Waals surface area contributed by atoms with Gasteiger partial charge in [0.15, 0.2) is 17.7 Å². The molecule has 0 radical (unpaired) electrons. The van der Waals surface area contributed by atoms with Gasteiger partial charge in [-0.05, 0) is 14.1 Å². The number of nitrogens with two attached hydrogens (primary N) is 1. The SMILES string of the molecule is CN(C)CC(=O)O[C@H]1C[C@@H](CO)O[C@H]1n1cnc2c(N)ncnc21. The molecule has 3 rings (SSSR count). The Morgan fingerprint density at radius 3 is 3.00 bits per heavy atom. The number of carbonyl (C=O) groups is 1. The van der Waals surface area contributed by atoms with Gasteiger partial charge >= 0.3 is 5.97 Å².